The minimum Gasteiger partial charge on any atom is -0.302 e. The molecule has 4 nitrogen and oxygen atoms in total. The Morgan fingerprint density at radius 2 is 1.79 bits per heavy atom. The predicted octanol–water partition coefficient (Wildman–Crippen LogP) is 1.62. The molecule has 5 heteroatoms. The first-order valence-electron chi connectivity index (χ1n) is 6.93. The van der Waals surface area contributed by atoms with Crippen LogP contribution in [0.2, 0.25) is 0 Å². The monoisotopic (exact) mass is 282 g/mol. The quantitative estimate of drug-likeness (QED) is 0.862. The van der Waals surface area contributed by atoms with Gasteiger partial charge in [0.1, 0.15) is 0 Å². The fourth-order valence-electron chi connectivity index (χ4n) is 2.33. The van der Waals surface area contributed by atoms with E-state index >= 15 is 0 Å². The van der Waals surface area contributed by atoms with Gasteiger partial charge in [0, 0.05) is 13.1 Å². The number of rotatable bonds is 6. The van der Waals surface area contributed by atoms with E-state index in [1.54, 1.807) is 12.1 Å². The van der Waals surface area contributed by atoms with Crippen LogP contribution in [0.15, 0.2) is 29.2 Å². The SMILES string of the molecule is CCc1ccc(S(=O)(=O)NCCN2CCCC2)cc1. The fraction of sp³-hybridized carbons (Fsp3) is 0.571. The Morgan fingerprint density at radius 1 is 1.16 bits per heavy atom. The molecular formula is C14H22N2O2S. The van der Waals surface area contributed by atoms with E-state index in [-0.39, 0.29) is 0 Å². The van der Waals surface area contributed by atoms with Crippen LogP contribution in [0.25, 0.3) is 0 Å². The van der Waals surface area contributed by atoms with Crippen LogP contribution < -0.4 is 4.72 Å². The van der Waals surface area contributed by atoms with Crippen molar-refractivity contribution in [3.63, 3.8) is 0 Å². The number of nitrogens with one attached hydrogen (secondary N) is 1. The third kappa shape index (κ3) is 4.03. The molecule has 2 rings (SSSR count). The lowest BCUT2D eigenvalue weighted by molar-refractivity contribution is 0.344. The Balaban J connectivity index is 1.89. The summed E-state index contributed by atoms with van der Waals surface area (Å²) in [5, 5.41) is 0. The van der Waals surface area contributed by atoms with Gasteiger partial charge >= 0.3 is 0 Å². The van der Waals surface area contributed by atoms with Gasteiger partial charge in [-0.2, -0.15) is 0 Å². The topological polar surface area (TPSA) is 49.4 Å². The second kappa shape index (κ2) is 6.50. The Labute approximate surface area is 115 Å². The molecule has 0 aliphatic carbocycles. The predicted molar refractivity (Wildman–Crippen MR) is 76.7 cm³/mol. The van der Waals surface area contributed by atoms with E-state index in [1.165, 1.54) is 12.8 Å². The molecule has 1 fully saturated rings. The summed E-state index contributed by atoms with van der Waals surface area (Å²) < 4.78 is 26.8. The standard InChI is InChI=1S/C14H22N2O2S/c1-2-13-5-7-14(8-6-13)19(17,18)15-9-12-16-10-3-4-11-16/h5-8,15H,2-4,9-12H2,1H3. The van der Waals surface area contributed by atoms with Gasteiger partial charge in [-0.1, -0.05) is 19.1 Å². The number of hydrogen-bond acceptors (Lipinski definition) is 3. The Hall–Kier alpha value is -0.910. The van der Waals surface area contributed by atoms with Gasteiger partial charge in [0.25, 0.3) is 0 Å². The molecule has 0 radical (unpaired) electrons. The van der Waals surface area contributed by atoms with E-state index < -0.39 is 10.0 Å². The first kappa shape index (κ1) is 14.5. The number of sulfonamides is 1. The zero-order chi connectivity index (χ0) is 13.7. The van der Waals surface area contributed by atoms with E-state index in [4.69, 9.17) is 0 Å². The van der Waals surface area contributed by atoms with Crippen molar-refractivity contribution < 1.29 is 8.42 Å². The highest BCUT2D eigenvalue weighted by atomic mass is 32.2. The molecule has 0 bridgehead atoms. The molecule has 19 heavy (non-hydrogen) atoms. The second-order valence-electron chi connectivity index (χ2n) is 4.94. The highest BCUT2D eigenvalue weighted by Crippen LogP contribution is 2.11. The number of hydrogen-bond donors (Lipinski definition) is 1. The van der Waals surface area contributed by atoms with Crippen molar-refractivity contribution in [2.75, 3.05) is 26.2 Å². The molecule has 1 saturated heterocycles. The van der Waals surface area contributed by atoms with Crippen LogP contribution >= 0.6 is 0 Å². The number of likely N-dealkylation sites (tertiary alicyclic amines) is 1. The first-order chi connectivity index (χ1) is 9.12. The lowest BCUT2D eigenvalue weighted by atomic mass is 10.2. The molecule has 0 saturated carbocycles. The molecule has 1 heterocycles. The molecule has 1 aromatic carbocycles. The molecule has 1 aliphatic rings. The van der Waals surface area contributed by atoms with Crippen LogP contribution in [0.5, 0.6) is 0 Å². The minimum atomic E-state index is -3.35. The Bertz CT molecular complexity index is 491. The molecule has 0 atom stereocenters. The van der Waals surface area contributed by atoms with E-state index in [0.717, 1.165) is 31.6 Å². The zero-order valence-electron chi connectivity index (χ0n) is 11.4. The van der Waals surface area contributed by atoms with Gasteiger partial charge in [0.15, 0.2) is 0 Å². The number of benzene rings is 1. The smallest absolute Gasteiger partial charge is 0.240 e. The average molecular weight is 282 g/mol. The lowest BCUT2D eigenvalue weighted by Gasteiger charge is -2.14. The third-order valence-electron chi connectivity index (χ3n) is 3.56. The van der Waals surface area contributed by atoms with Gasteiger partial charge in [-0.3, -0.25) is 0 Å². The summed E-state index contributed by atoms with van der Waals surface area (Å²) in [7, 11) is -3.35. The normalized spacial score (nSPS) is 16.9. The van der Waals surface area contributed by atoms with Crippen molar-refractivity contribution in [3.8, 4) is 0 Å². The summed E-state index contributed by atoms with van der Waals surface area (Å²) >= 11 is 0. The second-order valence-corrected chi connectivity index (χ2v) is 6.71. The largest absolute Gasteiger partial charge is 0.302 e. The van der Waals surface area contributed by atoms with Crippen LogP contribution in [0, 0.1) is 0 Å². The van der Waals surface area contributed by atoms with Crippen LogP contribution in [-0.2, 0) is 16.4 Å². The third-order valence-corrected chi connectivity index (χ3v) is 5.04. The maximum Gasteiger partial charge on any atom is 0.240 e. The molecule has 1 aromatic rings. The van der Waals surface area contributed by atoms with E-state index in [2.05, 4.69) is 16.5 Å². The summed E-state index contributed by atoms with van der Waals surface area (Å²) in [6.07, 6.45) is 3.37. The Kier molecular flexibility index (Phi) is 4.96. The van der Waals surface area contributed by atoms with Crippen LogP contribution in [0.3, 0.4) is 0 Å². The van der Waals surface area contributed by atoms with Gasteiger partial charge in [-0.15, -0.1) is 0 Å². The van der Waals surface area contributed by atoms with Gasteiger partial charge in [0.2, 0.25) is 10.0 Å². The maximum atomic E-state index is 12.1. The molecule has 1 N–H and O–H groups in total. The van der Waals surface area contributed by atoms with Crippen molar-refractivity contribution in [2.45, 2.75) is 31.1 Å². The van der Waals surface area contributed by atoms with Crippen LogP contribution in [0.1, 0.15) is 25.3 Å². The molecule has 1 aliphatic heterocycles. The van der Waals surface area contributed by atoms with Crippen molar-refractivity contribution in [1.82, 2.24) is 9.62 Å². The highest BCUT2D eigenvalue weighted by molar-refractivity contribution is 7.89. The molecule has 106 valence electrons. The van der Waals surface area contributed by atoms with Gasteiger partial charge < -0.3 is 4.90 Å². The van der Waals surface area contributed by atoms with Gasteiger partial charge in [-0.25, -0.2) is 13.1 Å². The van der Waals surface area contributed by atoms with E-state index in [0.29, 0.717) is 11.4 Å². The summed E-state index contributed by atoms with van der Waals surface area (Å²) in [4.78, 5) is 2.65. The van der Waals surface area contributed by atoms with E-state index in [1.807, 2.05) is 12.1 Å². The lowest BCUT2D eigenvalue weighted by Crippen LogP contribution is -2.33. The number of nitrogens with zero attached hydrogens (tertiary/aromatic N) is 1. The van der Waals surface area contributed by atoms with Gasteiger partial charge in [-0.05, 0) is 50.0 Å². The molecule has 0 amide bonds. The summed E-state index contributed by atoms with van der Waals surface area (Å²) in [5.74, 6) is 0. The zero-order valence-corrected chi connectivity index (χ0v) is 12.2. The van der Waals surface area contributed by atoms with Gasteiger partial charge in [0.05, 0.1) is 4.90 Å². The van der Waals surface area contributed by atoms with E-state index in [9.17, 15) is 8.42 Å². The highest BCUT2D eigenvalue weighted by Gasteiger charge is 2.15. The van der Waals surface area contributed by atoms with Crippen LogP contribution in [-0.4, -0.2) is 39.5 Å². The summed E-state index contributed by atoms with van der Waals surface area (Å²) in [5.41, 5.74) is 1.15. The average Bonchev–Trinajstić information content (AvgIpc) is 2.92. The Morgan fingerprint density at radius 3 is 2.37 bits per heavy atom. The molecule has 0 aromatic heterocycles. The van der Waals surface area contributed by atoms with Crippen LogP contribution in [0.4, 0.5) is 0 Å². The summed E-state index contributed by atoms with van der Waals surface area (Å²) in [6.45, 7) is 5.52. The maximum absolute atomic E-state index is 12.1. The first-order valence-corrected chi connectivity index (χ1v) is 8.41. The van der Waals surface area contributed by atoms with Crippen molar-refractivity contribution in [3.05, 3.63) is 29.8 Å². The molecular weight excluding hydrogens is 260 g/mol. The minimum absolute atomic E-state index is 0.353. The molecule has 0 unspecified atom stereocenters. The van der Waals surface area contributed by atoms with Crippen molar-refractivity contribution in [1.29, 1.82) is 0 Å². The van der Waals surface area contributed by atoms with Crippen molar-refractivity contribution in [2.24, 2.45) is 0 Å². The molecule has 0 spiro atoms. The summed E-state index contributed by atoms with van der Waals surface area (Å²) in [6, 6.07) is 7.10. The van der Waals surface area contributed by atoms with Crippen molar-refractivity contribution >= 4 is 10.0 Å². The number of aryl methyl sites for hydroxylation is 1. The fourth-order valence-corrected chi connectivity index (χ4v) is 3.35.